The molecule has 0 aliphatic heterocycles. The summed E-state index contributed by atoms with van der Waals surface area (Å²) in [5, 5.41) is 20.5. The fourth-order valence-electron chi connectivity index (χ4n) is 2.97. The molecule has 2 aromatic heterocycles. The van der Waals surface area contributed by atoms with Crippen LogP contribution in [0.3, 0.4) is 0 Å². The second-order valence-electron chi connectivity index (χ2n) is 5.93. The van der Waals surface area contributed by atoms with Gasteiger partial charge >= 0.3 is 0 Å². The van der Waals surface area contributed by atoms with Crippen molar-refractivity contribution in [2.75, 3.05) is 0 Å². The van der Waals surface area contributed by atoms with Crippen LogP contribution in [0.2, 0.25) is 0 Å². The molecule has 0 saturated heterocycles. The van der Waals surface area contributed by atoms with Gasteiger partial charge in [-0.25, -0.2) is 4.68 Å². The molecular weight excluding hydrogens is 314 g/mol. The lowest BCUT2D eigenvalue weighted by Crippen LogP contribution is -2.50. The van der Waals surface area contributed by atoms with Crippen LogP contribution in [0.25, 0.3) is 10.2 Å². The Bertz CT molecular complexity index is 842. The molecule has 0 bridgehead atoms. The van der Waals surface area contributed by atoms with Crippen molar-refractivity contribution < 1.29 is 4.79 Å². The monoisotopic (exact) mass is 331 g/mol. The maximum absolute atomic E-state index is 12.3. The Kier molecular flexibility index (Phi) is 4.13. The second-order valence-corrected chi connectivity index (χ2v) is 7.17. The maximum Gasteiger partial charge on any atom is 0.278 e. The molecule has 1 saturated carbocycles. The van der Waals surface area contributed by atoms with E-state index < -0.39 is 5.54 Å². The Balaban J connectivity index is 1.79. The van der Waals surface area contributed by atoms with Crippen LogP contribution >= 0.6 is 11.3 Å². The molecule has 0 spiro atoms. The molecule has 120 valence electrons. The molecule has 8 heteroatoms. The summed E-state index contributed by atoms with van der Waals surface area (Å²) in [5.41, 5.74) is -1.14. The van der Waals surface area contributed by atoms with E-state index in [1.54, 1.807) is 6.07 Å². The van der Waals surface area contributed by atoms with Gasteiger partial charge in [0.15, 0.2) is 4.83 Å². The molecule has 0 unspecified atom stereocenters. The number of rotatable bonds is 3. The Labute approximate surface area is 136 Å². The van der Waals surface area contributed by atoms with Crippen LogP contribution in [-0.2, 0) is 11.3 Å². The number of aryl methyl sites for hydroxylation is 1. The number of carbonyl (C=O) groups excluding carboxylic acids is 1. The molecule has 23 heavy (non-hydrogen) atoms. The summed E-state index contributed by atoms with van der Waals surface area (Å²) in [4.78, 5) is 26.1. The van der Waals surface area contributed by atoms with Crippen molar-refractivity contribution in [3.8, 4) is 6.07 Å². The third kappa shape index (κ3) is 3.10. The number of hydrogen-bond acceptors (Lipinski definition) is 6. The van der Waals surface area contributed by atoms with Gasteiger partial charge in [0.1, 0.15) is 12.1 Å². The summed E-state index contributed by atoms with van der Waals surface area (Å²) < 4.78 is 1.05. The average molecular weight is 331 g/mol. The Morgan fingerprint density at radius 2 is 2.22 bits per heavy atom. The first kappa shape index (κ1) is 15.6. The molecule has 1 aliphatic rings. The molecule has 0 aromatic carbocycles. The Hall–Kier alpha value is -2.27. The topological polar surface area (TPSA) is 101 Å². The van der Waals surface area contributed by atoms with Crippen molar-refractivity contribution in [3.05, 3.63) is 21.3 Å². The third-order valence-electron chi connectivity index (χ3n) is 4.14. The van der Waals surface area contributed by atoms with Gasteiger partial charge in [0, 0.05) is 4.88 Å². The third-order valence-corrected chi connectivity index (χ3v) is 5.07. The number of nitrogens with one attached hydrogen (secondary N) is 1. The van der Waals surface area contributed by atoms with E-state index in [2.05, 4.69) is 21.7 Å². The summed E-state index contributed by atoms with van der Waals surface area (Å²) in [6.07, 6.45) is 4.23. The number of thiophene rings is 1. The zero-order chi connectivity index (χ0) is 16.4. The Morgan fingerprint density at radius 1 is 1.48 bits per heavy atom. The molecule has 1 aliphatic carbocycles. The van der Waals surface area contributed by atoms with Gasteiger partial charge in [0.2, 0.25) is 5.91 Å². The second kappa shape index (κ2) is 6.08. The molecule has 1 N–H and O–H groups in total. The highest BCUT2D eigenvalue weighted by atomic mass is 32.1. The molecule has 1 fully saturated rings. The predicted octanol–water partition coefficient (Wildman–Crippen LogP) is 1.50. The number of hydrogen-bond donors (Lipinski definition) is 1. The van der Waals surface area contributed by atoms with Crippen molar-refractivity contribution in [1.29, 1.82) is 5.26 Å². The van der Waals surface area contributed by atoms with Crippen LogP contribution in [0.15, 0.2) is 10.9 Å². The van der Waals surface area contributed by atoms with Gasteiger partial charge in [-0.2, -0.15) is 5.26 Å². The molecular formula is C15H17N5O2S. The highest BCUT2D eigenvalue weighted by molar-refractivity contribution is 7.18. The van der Waals surface area contributed by atoms with E-state index in [9.17, 15) is 14.9 Å². The van der Waals surface area contributed by atoms with E-state index in [0.29, 0.717) is 23.1 Å². The molecule has 3 rings (SSSR count). The molecule has 1 amide bonds. The van der Waals surface area contributed by atoms with Crippen molar-refractivity contribution in [2.45, 2.75) is 51.1 Å². The lowest BCUT2D eigenvalue weighted by Gasteiger charge is -2.31. The smallest absolute Gasteiger partial charge is 0.278 e. The SMILES string of the molecule is Cc1cc2c(=O)n(CC(=O)NC3(C#N)CCCCC3)nnc2s1. The summed E-state index contributed by atoms with van der Waals surface area (Å²) >= 11 is 1.39. The number of nitrogens with zero attached hydrogens (tertiary/aromatic N) is 4. The number of nitriles is 1. The van der Waals surface area contributed by atoms with E-state index in [-0.39, 0.29) is 18.0 Å². The normalized spacial score (nSPS) is 16.9. The van der Waals surface area contributed by atoms with Crippen LogP contribution in [0, 0.1) is 18.3 Å². The highest BCUT2D eigenvalue weighted by Crippen LogP contribution is 2.27. The molecule has 2 aromatic rings. The van der Waals surface area contributed by atoms with E-state index in [0.717, 1.165) is 28.8 Å². The van der Waals surface area contributed by atoms with E-state index in [4.69, 9.17) is 0 Å². The Morgan fingerprint density at radius 3 is 2.91 bits per heavy atom. The fourth-order valence-corrected chi connectivity index (χ4v) is 3.78. The summed E-state index contributed by atoms with van der Waals surface area (Å²) in [7, 11) is 0. The fraction of sp³-hybridized carbons (Fsp3) is 0.533. The maximum atomic E-state index is 12.3. The van der Waals surface area contributed by atoms with Crippen molar-refractivity contribution in [3.63, 3.8) is 0 Å². The lowest BCUT2D eigenvalue weighted by molar-refractivity contribution is -0.123. The van der Waals surface area contributed by atoms with Crippen LogP contribution < -0.4 is 10.9 Å². The van der Waals surface area contributed by atoms with Crippen LogP contribution in [0.1, 0.15) is 37.0 Å². The number of carbonyl (C=O) groups is 1. The minimum atomic E-state index is -0.810. The number of amides is 1. The molecule has 0 radical (unpaired) electrons. The number of aromatic nitrogens is 3. The quantitative estimate of drug-likeness (QED) is 0.918. The van der Waals surface area contributed by atoms with Gasteiger partial charge in [-0.05, 0) is 25.8 Å². The average Bonchev–Trinajstić information content (AvgIpc) is 2.92. The number of fused-ring (bicyclic) bond motifs is 1. The van der Waals surface area contributed by atoms with Crippen molar-refractivity contribution >= 4 is 27.5 Å². The summed E-state index contributed by atoms with van der Waals surface area (Å²) in [6, 6.07) is 3.98. The highest BCUT2D eigenvalue weighted by Gasteiger charge is 2.33. The van der Waals surface area contributed by atoms with Gasteiger partial charge in [-0.1, -0.05) is 24.5 Å². The summed E-state index contributed by atoms with van der Waals surface area (Å²) in [5.74, 6) is -0.379. The van der Waals surface area contributed by atoms with Gasteiger partial charge in [0.25, 0.3) is 5.56 Å². The zero-order valence-corrected chi connectivity index (χ0v) is 13.7. The predicted molar refractivity (Wildman–Crippen MR) is 86.0 cm³/mol. The van der Waals surface area contributed by atoms with Crippen molar-refractivity contribution in [1.82, 2.24) is 20.3 Å². The van der Waals surface area contributed by atoms with E-state index >= 15 is 0 Å². The van der Waals surface area contributed by atoms with Crippen molar-refractivity contribution in [2.24, 2.45) is 0 Å². The molecule has 7 nitrogen and oxygen atoms in total. The summed E-state index contributed by atoms with van der Waals surface area (Å²) in [6.45, 7) is 1.67. The van der Waals surface area contributed by atoms with E-state index in [1.165, 1.54) is 11.3 Å². The molecule has 2 heterocycles. The standard InChI is InChI=1S/C15H17N5O2S/c1-10-7-11-13(23-10)18-19-20(14(11)22)8-12(21)17-15(9-16)5-3-2-4-6-15/h7H,2-6,8H2,1H3,(H,17,21). The minimum Gasteiger partial charge on any atom is -0.336 e. The largest absolute Gasteiger partial charge is 0.336 e. The van der Waals surface area contributed by atoms with E-state index in [1.807, 2.05) is 6.92 Å². The first-order valence-electron chi connectivity index (χ1n) is 7.59. The molecule has 0 atom stereocenters. The van der Waals surface area contributed by atoms with Crippen LogP contribution in [-0.4, -0.2) is 26.4 Å². The zero-order valence-electron chi connectivity index (χ0n) is 12.8. The minimum absolute atomic E-state index is 0.222. The van der Waals surface area contributed by atoms with Crippen LogP contribution in [0.4, 0.5) is 0 Å². The van der Waals surface area contributed by atoms with Gasteiger partial charge in [0.05, 0.1) is 11.5 Å². The van der Waals surface area contributed by atoms with Gasteiger partial charge in [-0.15, -0.1) is 16.4 Å². The van der Waals surface area contributed by atoms with Crippen LogP contribution in [0.5, 0.6) is 0 Å². The first-order chi connectivity index (χ1) is 11.0. The first-order valence-corrected chi connectivity index (χ1v) is 8.41. The van der Waals surface area contributed by atoms with Gasteiger partial charge < -0.3 is 5.32 Å². The van der Waals surface area contributed by atoms with Gasteiger partial charge in [-0.3, -0.25) is 9.59 Å². The lowest BCUT2D eigenvalue weighted by atomic mass is 9.83.